The van der Waals surface area contributed by atoms with Crippen molar-refractivity contribution in [3.8, 4) is 5.75 Å². The van der Waals surface area contributed by atoms with E-state index in [-0.39, 0.29) is 0 Å². The fraction of sp³-hybridized carbons (Fsp3) is 0.381. The quantitative estimate of drug-likeness (QED) is 0.542. The minimum absolute atomic E-state index is 0.614. The molecule has 27 heavy (non-hydrogen) atoms. The summed E-state index contributed by atoms with van der Waals surface area (Å²) in [7, 11) is 3.49. The molecule has 1 aliphatic rings. The summed E-state index contributed by atoms with van der Waals surface area (Å²) in [6.07, 6.45) is 1.19. The normalized spacial score (nSPS) is 17.1. The lowest BCUT2D eigenvalue weighted by Crippen LogP contribution is -2.39. The summed E-state index contributed by atoms with van der Waals surface area (Å²) in [5.74, 6) is 2.33. The summed E-state index contributed by atoms with van der Waals surface area (Å²) < 4.78 is 6.32. The van der Waals surface area contributed by atoms with Gasteiger partial charge in [-0.2, -0.15) is 0 Å². The highest BCUT2D eigenvalue weighted by atomic mass is 79.9. The molecule has 2 aromatic carbocycles. The highest BCUT2D eigenvalue weighted by molar-refractivity contribution is 9.10. The molecule has 1 atom stereocenters. The monoisotopic (exact) mass is 430 g/mol. The molecule has 1 fully saturated rings. The van der Waals surface area contributed by atoms with Gasteiger partial charge in [-0.25, -0.2) is 0 Å². The molecule has 0 bridgehead atoms. The number of nitrogens with zero attached hydrogens (tertiary/aromatic N) is 2. The fourth-order valence-electron chi connectivity index (χ4n) is 3.30. The van der Waals surface area contributed by atoms with E-state index in [4.69, 9.17) is 4.74 Å². The number of guanidine groups is 1. The van der Waals surface area contributed by atoms with Crippen LogP contribution >= 0.6 is 15.9 Å². The first-order valence-corrected chi connectivity index (χ1v) is 10.0. The van der Waals surface area contributed by atoms with Gasteiger partial charge in [0.25, 0.3) is 0 Å². The number of benzene rings is 2. The average molecular weight is 431 g/mol. The largest absolute Gasteiger partial charge is 0.497 e. The third kappa shape index (κ3) is 5.63. The molecule has 144 valence electrons. The zero-order valence-electron chi connectivity index (χ0n) is 15.9. The molecule has 2 N–H and O–H groups in total. The molecular weight excluding hydrogens is 404 g/mol. The van der Waals surface area contributed by atoms with Crippen LogP contribution in [0.15, 0.2) is 58.0 Å². The van der Waals surface area contributed by atoms with Crippen molar-refractivity contribution in [1.29, 1.82) is 0 Å². The lowest BCUT2D eigenvalue weighted by molar-refractivity contribution is 0.414. The molecule has 1 unspecified atom stereocenters. The van der Waals surface area contributed by atoms with E-state index in [1.54, 1.807) is 7.11 Å². The van der Waals surface area contributed by atoms with E-state index in [1.807, 2.05) is 19.2 Å². The summed E-state index contributed by atoms with van der Waals surface area (Å²) in [6, 6.07) is 16.6. The minimum Gasteiger partial charge on any atom is -0.497 e. The molecule has 0 amide bonds. The predicted molar refractivity (Wildman–Crippen MR) is 116 cm³/mol. The van der Waals surface area contributed by atoms with Crippen molar-refractivity contribution in [1.82, 2.24) is 10.6 Å². The maximum Gasteiger partial charge on any atom is 0.191 e. The minimum atomic E-state index is 0.614. The molecule has 2 aromatic rings. The molecule has 3 rings (SSSR count). The Kier molecular flexibility index (Phi) is 6.98. The van der Waals surface area contributed by atoms with Crippen molar-refractivity contribution in [2.45, 2.75) is 13.0 Å². The zero-order chi connectivity index (χ0) is 19.1. The van der Waals surface area contributed by atoms with Gasteiger partial charge in [0.2, 0.25) is 0 Å². The van der Waals surface area contributed by atoms with Gasteiger partial charge in [0.15, 0.2) is 5.96 Å². The third-order valence-electron chi connectivity index (χ3n) is 4.86. The molecular formula is C21H27BrN4O. The molecule has 6 heteroatoms. The Bertz CT molecular complexity index is 763. The summed E-state index contributed by atoms with van der Waals surface area (Å²) in [5, 5.41) is 6.84. The van der Waals surface area contributed by atoms with Crippen LogP contribution in [0.4, 0.5) is 5.69 Å². The first-order valence-electron chi connectivity index (χ1n) is 9.26. The molecule has 0 saturated carbocycles. The Morgan fingerprint density at radius 3 is 2.74 bits per heavy atom. The number of hydrogen-bond donors (Lipinski definition) is 2. The Morgan fingerprint density at radius 1 is 1.22 bits per heavy atom. The number of anilines is 1. The predicted octanol–water partition coefficient (Wildman–Crippen LogP) is 3.65. The van der Waals surface area contributed by atoms with Crippen LogP contribution in [0, 0.1) is 5.92 Å². The maximum atomic E-state index is 5.20. The van der Waals surface area contributed by atoms with Gasteiger partial charge in [-0.05, 0) is 48.2 Å². The van der Waals surface area contributed by atoms with E-state index in [0.29, 0.717) is 5.92 Å². The van der Waals surface area contributed by atoms with Crippen molar-refractivity contribution >= 4 is 27.6 Å². The van der Waals surface area contributed by atoms with Gasteiger partial charge in [0, 0.05) is 43.4 Å². The smallest absolute Gasteiger partial charge is 0.191 e. The number of halogens is 1. The topological polar surface area (TPSA) is 48.9 Å². The molecule has 5 nitrogen and oxygen atoms in total. The van der Waals surface area contributed by atoms with Crippen LogP contribution in [-0.4, -0.2) is 39.8 Å². The molecule has 0 aliphatic carbocycles. The summed E-state index contributed by atoms with van der Waals surface area (Å²) in [5.41, 5.74) is 2.48. The number of nitrogens with one attached hydrogen (secondary N) is 2. The molecule has 0 spiro atoms. The summed E-state index contributed by atoms with van der Waals surface area (Å²) >= 11 is 3.56. The van der Waals surface area contributed by atoms with E-state index in [2.05, 4.69) is 72.9 Å². The highest BCUT2D eigenvalue weighted by Gasteiger charge is 2.22. The van der Waals surface area contributed by atoms with Gasteiger partial charge in [0.05, 0.1) is 7.11 Å². The second-order valence-electron chi connectivity index (χ2n) is 6.74. The van der Waals surface area contributed by atoms with Crippen molar-refractivity contribution in [2.75, 3.05) is 38.7 Å². The van der Waals surface area contributed by atoms with Crippen LogP contribution in [-0.2, 0) is 6.54 Å². The SMILES string of the molecule is CN=C(NCc1ccc(OC)cc1)NCC1CCN(c2cccc(Br)c2)C1. The Hall–Kier alpha value is -2.21. The summed E-state index contributed by atoms with van der Waals surface area (Å²) in [6.45, 7) is 3.82. The number of ether oxygens (including phenoxy) is 1. The average Bonchev–Trinajstić information content (AvgIpc) is 3.18. The number of rotatable bonds is 6. The zero-order valence-corrected chi connectivity index (χ0v) is 17.5. The molecule has 0 aromatic heterocycles. The van der Waals surface area contributed by atoms with Crippen LogP contribution in [0.2, 0.25) is 0 Å². The van der Waals surface area contributed by atoms with Gasteiger partial charge in [0.1, 0.15) is 5.75 Å². The van der Waals surface area contributed by atoms with Crippen molar-refractivity contribution in [3.05, 3.63) is 58.6 Å². The Balaban J connectivity index is 1.44. The Morgan fingerprint density at radius 2 is 2.04 bits per heavy atom. The van der Waals surface area contributed by atoms with Gasteiger partial charge >= 0.3 is 0 Å². The van der Waals surface area contributed by atoms with E-state index in [1.165, 1.54) is 17.7 Å². The van der Waals surface area contributed by atoms with Crippen molar-refractivity contribution in [3.63, 3.8) is 0 Å². The molecule has 0 radical (unpaired) electrons. The molecule has 1 aliphatic heterocycles. The van der Waals surface area contributed by atoms with Crippen LogP contribution in [0.3, 0.4) is 0 Å². The van der Waals surface area contributed by atoms with Crippen LogP contribution in [0.1, 0.15) is 12.0 Å². The van der Waals surface area contributed by atoms with Crippen molar-refractivity contribution < 1.29 is 4.74 Å². The van der Waals surface area contributed by atoms with Crippen LogP contribution in [0.25, 0.3) is 0 Å². The highest BCUT2D eigenvalue weighted by Crippen LogP contribution is 2.25. The molecule has 1 heterocycles. The number of hydrogen-bond acceptors (Lipinski definition) is 3. The third-order valence-corrected chi connectivity index (χ3v) is 5.35. The second-order valence-corrected chi connectivity index (χ2v) is 7.65. The second kappa shape index (κ2) is 9.65. The van der Waals surface area contributed by atoms with E-state index < -0.39 is 0 Å². The summed E-state index contributed by atoms with van der Waals surface area (Å²) in [4.78, 5) is 6.79. The van der Waals surface area contributed by atoms with Gasteiger partial charge < -0.3 is 20.3 Å². The van der Waals surface area contributed by atoms with Crippen LogP contribution < -0.4 is 20.3 Å². The first-order chi connectivity index (χ1) is 13.2. The molecule has 1 saturated heterocycles. The van der Waals surface area contributed by atoms with Crippen molar-refractivity contribution in [2.24, 2.45) is 10.9 Å². The van der Waals surface area contributed by atoms with E-state index >= 15 is 0 Å². The van der Waals surface area contributed by atoms with Crippen LogP contribution in [0.5, 0.6) is 5.75 Å². The number of aliphatic imine (C=N–C) groups is 1. The van der Waals surface area contributed by atoms with Gasteiger partial charge in [-0.3, -0.25) is 4.99 Å². The number of methoxy groups -OCH3 is 1. The van der Waals surface area contributed by atoms with Gasteiger partial charge in [-0.15, -0.1) is 0 Å². The van der Waals surface area contributed by atoms with Gasteiger partial charge in [-0.1, -0.05) is 34.1 Å². The first kappa shape index (κ1) is 19.5. The van der Waals surface area contributed by atoms with E-state index in [9.17, 15) is 0 Å². The maximum absolute atomic E-state index is 5.20. The van der Waals surface area contributed by atoms with E-state index in [0.717, 1.165) is 42.4 Å². The fourth-order valence-corrected chi connectivity index (χ4v) is 3.68. The lowest BCUT2D eigenvalue weighted by Gasteiger charge is -2.19. The standard InChI is InChI=1S/C21H27BrN4O/c1-23-21(24-13-16-6-8-20(27-2)9-7-16)25-14-17-10-11-26(15-17)19-5-3-4-18(22)12-19/h3-9,12,17H,10-11,13-15H2,1-2H3,(H2,23,24,25). The Labute approximate surface area is 170 Å². The lowest BCUT2D eigenvalue weighted by atomic mass is 10.1.